The van der Waals surface area contributed by atoms with E-state index in [0.717, 1.165) is 32.2 Å². The first-order valence-corrected chi connectivity index (χ1v) is 5.17. The van der Waals surface area contributed by atoms with Crippen molar-refractivity contribution in [3.63, 3.8) is 0 Å². The zero-order valence-corrected chi connectivity index (χ0v) is 8.94. The van der Waals surface area contributed by atoms with Crippen LogP contribution in [-0.2, 0) is 4.79 Å². The second kappa shape index (κ2) is 10.1. The lowest BCUT2D eigenvalue weighted by Crippen LogP contribution is -2.23. The van der Waals surface area contributed by atoms with E-state index in [1.165, 1.54) is 0 Å². The summed E-state index contributed by atoms with van der Waals surface area (Å²) < 4.78 is 0. The van der Waals surface area contributed by atoms with E-state index in [9.17, 15) is 4.79 Å². The van der Waals surface area contributed by atoms with Crippen LogP contribution in [0.15, 0.2) is 0 Å². The number of unbranched alkanes of at least 4 members (excludes halogenated alkanes) is 3. The standard InChI is InChI=1S/C11H20N2O/c1-2-3-10-13-11(14)8-6-4-5-7-9-12/h4-10,12H2,1H3,(H,13,14). The topological polar surface area (TPSA) is 55.1 Å². The maximum absolute atomic E-state index is 11.1. The van der Waals surface area contributed by atoms with Crippen molar-refractivity contribution in [2.24, 2.45) is 5.73 Å². The van der Waals surface area contributed by atoms with Crippen molar-refractivity contribution in [2.75, 3.05) is 13.1 Å². The fraction of sp³-hybridized carbons (Fsp3) is 0.727. The van der Waals surface area contributed by atoms with Gasteiger partial charge in [0.15, 0.2) is 0 Å². The molecule has 0 aromatic carbocycles. The molecule has 0 heterocycles. The van der Waals surface area contributed by atoms with Gasteiger partial charge in [0, 0.05) is 6.42 Å². The Labute approximate surface area is 86.4 Å². The Morgan fingerprint density at radius 3 is 2.64 bits per heavy atom. The van der Waals surface area contributed by atoms with Gasteiger partial charge in [-0.2, -0.15) is 0 Å². The number of amides is 1. The van der Waals surface area contributed by atoms with E-state index in [2.05, 4.69) is 17.2 Å². The van der Waals surface area contributed by atoms with E-state index in [1.807, 2.05) is 0 Å². The van der Waals surface area contributed by atoms with Crippen LogP contribution in [0.4, 0.5) is 0 Å². The molecule has 80 valence electrons. The quantitative estimate of drug-likeness (QED) is 0.472. The van der Waals surface area contributed by atoms with Gasteiger partial charge in [-0.15, -0.1) is 5.92 Å². The fourth-order valence-corrected chi connectivity index (χ4v) is 1.10. The lowest BCUT2D eigenvalue weighted by atomic mass is 10.1. The van der Waals surface area contributed by atoms with Crippen molar-refractivity contribution in [1.29, 1.82) is 0 Å². The van der Waals surface area contributed by atoms with E-state index in [4.69, 9.17) is 5.73 Å². The molecule has 0 aromatic heterocycles. The Hall–Kier alpha value is -1.01. The summed E-state index contributed by atoms with van der Waals surface area (Å²) in [4.78, 5) is 11.1. The molecular formula is C11H20N2O. The predicted molar refractivity (Wildman–Crippen MR) is 58.6 cm³/mol. The van der Waals surface area contributed by atoms with Crippen molar-refractivity contribution in [2.45, 2.75) is 39.0 Å². The molecule has 0 aromatic rings. The van der Waals surface area contributed by atoms with Crippen molar-refractivity contribution >= 4 is 5.91 Å². The van der Waals surface area contributed by atoms with E-state index >= 15 is 0 Å². The molecule has 0 saturated heterocycles. The fourth-order valence-electron chi connectivity index (χ4n) is 1.10. The molecule has 0 radical (unpaired) electrons. The first kappa shape index (κ1) is 13.0. The number of hydrogen-bond acceptors (Lipinski definition) is 2. The predicted octanol–water partition coefficient (Wildman–Crippen LogP) is 1.04. The highest BCUT2D eigenvalue weighted by molar-refractivity contribution is 5.76. The third kappa shape index (κ3) is 9.08. The van der Waals surface area contributed by atoms with Gasteiger partial charge in [-0.25, -0.2) is 0 Å². The first-order valence-electron chi connectivity index (χ1n) is 5.17. The third-order valence-corrected chi connectivity index (χ3v) is 1.91. The molecule has 14 heavy (non-hydrogen) atoms. The normalized spacial score (nSPS) is 9.00. The summed E-state index contributed by atoms with van der Waals surface area (Å²) in [7, 11) is 0. The van der Waals surface area contributed by atoms with Crippen molar-refractivity contribution in [3.05, 3.63) is 0 Å². The third-order valence-electron chi connectivity index (χ3n) is 1.91. The summed E-state index contributed by atoms with van der Waals surface area (Å²) in [6.07, 6.45) is 4.83. The minimum Gasteiger partial charge on any atom is -0.345 e. The summed E-state index contributed by atoms with van der Waals surface area (Å²) in [5.41, 5.74) is 5.36. The van der Waals surface area contributed by atoms with Crippen LogP contribution >= 0.6 is 0 Å². The van der Waals surface area contributed by atoms with Gasteiger partial charge in [-0.3, -0.25) is 4.79 Å². The van der Waals surface area contributed by atoms with Crippen LogP contribution in [0.2, 0.25) is 0 Å². The Balaban J connectivity index is 3.21. The maximum Gasteiger partial charge on any atom is 0.220 e. The zero-order valence-electron chi connectivity index (χ0n) is 8.94. The number of nitrogens with two attached hydrogens (primary N) is 1. The number of carbonyl (C=O) groups excluding carboxylic acids is 1. The van der Waals surface area contributed by atoms with Gasteiger partial charge in [-0.1, -0.05) is 18.8 Å². The van der Waals surface area contributed by atoms with Gasteiger partial charge in [0.2, 0.25) is 5.91 Å². The molecule has 0 saturated carbocycles. The molecule has 0 bridgehead atoms. The molecule has 0 spiro atoms. The van der Waals surface area contributed by atoms with E-state index < -0.39 is 0 Å². The summed E-state index contributed by atoms with van der Waals surface area (Å²) in [6.45, 7) is 2.98. The molecule has 0 aliphatic rings. The Morgan fingerprint density at radius 2 is 2.00 bits per heavy atom. The first-order chi connectivity index (χ1) is 6.81. The highest BCUT2D eigenvalue weighted by Crippen LogP contribution is 2.01. The molecule has 0 fully saturated rings. The minimum atomic E-state index is 0.0977. The van der Waals surface area contributed by atoms with E-state index in [1.54, 1.807) is 6.92 Å². The van der Waals surface area contributed by atoms with Crippen LogP contribution < -0.4 is 11.1 Å². The van der Waals surface area contributed by atoms with Crippen LogP contribution in [-0.4, -0.2) is 19.0 Å². The summed E-state index contributed by atoms with van der Waals surface area (Å²) in [5, 5.41) is 2.74. The second-order valence-corrected chi connectivity index (χ2v) is 3.16. The number of hydrogen-bond donors (Lipinski definition) is 2. The largest absolute Gasteiger partial charge is 0.345 e. The summed E-state index contributed by atoms with van der Waals surface area (Å²) >= 11 is 0. The number of rotatable bonds is 7. The van der Waals surface area contributed by atoms with Gasteiger partial charge in [0.05, 0.1) is 6.54 Å². The van der Waals surface area contributed by atoms with Crippen LogP contribution in [0.1, 0.15) is 39.0 Å². The van der Waals surface area contributed by atoms with Gasteiger partial charge in [0.1, 0.15) is 0 Å². The molecule has 0 rings (SSSR count). The minimum absolute atomic E-state index is 0.0977. The van der Waals surface area contributed by atoms with Crippen molar-refractivity contribution < 1.29 is 4.79 Å². The lowest BCUT2D eigenvalue weighted by molar-refractivity contribution is -0.120. The molecule has 3 N–H and O–H groups in total. The van der Waals surface area contributed by atoms with E-state index in [-0.39, 0.29) is 5.91 Å². The van der Waals surface area contributed by atoms with Gasteiger partial charge in [-0.05, 0) is 26.3 Å². The Bertz CT molecular complexity index is 203. The van der Waals surface area contributed by atoms with Crippen molar-refractivity contribution in [1.82, 2.24) is 5.32 Å². The molecular weight excluding hydrogens is 176 g/mol. The smallest absolute Gasteiger partial charge is 0.220 e. The second-order valence-electron chi connectivity index (χ2n) is 3.16. The van der Waals surface area contributed by atoms with Crippen LogP contribution in [0, 0.1) is 11.8 Å². The van der Waals surface area contributed by atoms with Gasteiger partial charge < -0.3 is 11.1 Å². The highest BCUT2D eigenvalue weighted by Gasteiger charge is 1.98. The molecule has 3 nitrogen and oxygen atoms in total. The molecule has 0 aliphatic carbocycles. The average molecular weight is 196 g/mol. The average Bonchev–Trinajstić information content (AvgIpc) is 2.18. The van der Waals surface area contributed by atoms with Gasteiger partial charge >= 0.3 is 0 Å². The molecule has 3 heteroatoms. The van der Waals surface area contributed by atoms with Crippen LogP contribution in [0.3, 0.4) is 0 Å². The Morgan fingerprint density at radius 1 is 1.29 bits per heavy atom. The molecule has 0 aliphatic heterocycles. The lowest BCUT2D eigenvalue weighted by Gasteiger charge is -2.01. The SMILES string of the molecule is CC#CCNC(=O)CCCCCCN. The summed E-state index contributed by atoms with van der Waals surface area (Å²) in [6, 6.07) is 0. The maximum atomic E-state index is 11.1. The highest BCUT2D eigenvalue weighted by atomic mass is 16.1. The monoisotopic (exact) mass is 196 g/mol. The van der Waals surface area contributed by atoms with E-state index in [0.29, 0.717) is 13.0 Å². The van der Waals surface area contributed by atoms with Crippen LogP contribution in [0.25, 0.3) is 0 Å². The molecule has 0 unspecified atom stereocenters. The Kier molecular flexibility index (Phi) is 9.35. The summed E-state index contributed by atoms with van der Waals surface area (Å²) in [5.74, 6) is 5.62. The molecule has 0 atom stereocenters. The number of nitrogens with one attached hydrogen (secondary N) is 1. The number of carbonyl (C=O) groups is 1. The van der Waals surface area contributed by atoms with Gasteiger partial charge in [0.25, 0.3) is 0 Å². The van der Waals surface area contributed by atoms with Crippen molar-refractivity contribution in [3.8, 4) is 11.8 Å². The zero-order chi connectivity index (χ0) is 10.6. The molecule has 1 amide bonds. The van der Waals surface area contributed by atoms with Crippen LogP contribution in [0.5, 0.6) is 0 Å².